The van der Waals surface area contributed by atoms with Crippen molar-refractivity contribution in [2.24, 2.45) is 5.92 Å². The van der Waals surface area contributed by atoms with Crippen molar-refractivity contribution in [2.45, 2.75) is 20.3 Å². The molecular weight excluding hydrogens is 226 g/mol. The van der Waals surface area contributed by atoms with Gasteiger partial charge in [0.05, 0.1) is 17.4 Å². The summed E-state index contributed by atoms with van der Waals surface area (Å²) in [5.41, 5.74) is 0.913. The molecule has 1 heterocycles. The summed E-state index contributed by atoms with van der Waals surface area (Å²) >= 11 is 0. The highest BCUT2D eigenvalue weighted by atomic mass is 32.2. The fraction of sp³-hybridized carbons (Fsp3) is 0.727. The van der Waals surface area contributed by atoms with Crippen LogP contribution in [0.15, 0.2) is 12.2 Å². The molecule has 1 amide bonds. The zero-order valence-corrected chi connectivity index (χ0v) is 10.7. The maximum atomic E-state index is 12.0. The van der Waals surface area contributed by atoms with Crippen LogP contribution >= 0.6 is 0 Å². The first kappa shape index (κ1) is 13.2. The van der Waals surface area contributed by atoms with E-state index in [0.29, 0.717) is 19.5 Å². The van der Waals surface area contributed by atoms with Gasteiger partial charge in [0.2, 0.25) is 5.91 Å². The Morgan fingerprint density at radius 1 is 1.50 bits per heavy atom. The van der Waals surface area contributed by atoms with Gasteiger partial charge in [-0.25, -0.2) is 8.42 Å². The smallest absolute Gasteiger partial charge is 0.227 e. The Morgan fingerprint density at radius 2 is 2.12 bits per heavy atom. The molecular formula is C11H19NO3S. The predicted molar refractivity (Wildman–Crippen MR) is 63.8 cm³/mol. The van der Waals surface area contributed by atoms with Gasteiger partial charge in [-0.1, -0.05) is 12.2 Å². The molecule has 0 aromatic heterocycles. The first-order chi connectivity index (χ1) is 7.35. The van der Waals surface area contributed by atoms with E-state index in [-0.39, 0.29) is 23.3 Å². The molecule has 0 bridgehead atoms. The number of rotatable bonds is 4. The van der Waals surface area contributed by atoms with E-state index in [0.717, 1.165) is 5.57 Å². The van der Waals surface area contributed by atoms with Crippen LogP contribution in [0.1, 0.15) is 20.3 Å². The minimum Gasteiger partial charge on any atom is -0.339 e. The summed E-state index contributed by atoms with van der Waals surface area (Å²) in [6.07, 6.45) is 0.466. The molecule has 0 aromatic rings. The minimum absolute atomic E-state index is 0.0124. The third-order valence-electron chi connectivity index (χ3n) is 2.74. The van der Waals surface area contributed by atoms with Crippen LogP contribution in [0.4, 0.5) is 0 Å². The summed E-state index contributed by atoms with van der Waals surface area (Å²) in [5.74, 6) is -0.233. The van der Waals surface area contributed by atoms with E-state index in [1.165, 1.54) is 0 Å². The van der Waals surface area contributed by atoms with Crippen LogP contribution in [0, 0.1) is 5.92 Å². The van der Waals surface area contributed by atoms with Crippen molar-refractivity contribution in [1.82, 2.24) is 4.90 Å². The molecule has 1 aliphatic heterocycles. The average molecular weight is 245 g/mol. The molecule has 0 aliphatic carbocycles. The van der Waals surface area contributed by atoms with Crippen molar-refractivity contribution < 1.29 is 13.2 Å². The molecule has 92 valence electrons. The topological polar surface area (TPSA) is 54.5 Å². The highest BCUT2D eigenvalue weighted by molar-refractivity contribution is 7.91. The summed E-state index contributed by atoms with van der Waals surface area (Å²) in [5, 5.41) is 0. The van der Waals surface area contributed by atoms with Crippen LogP contribution in [0.3, 0.4) is 0 Å². The first-order valence-corrected chi connectivity index (χ1v) is 7.31. The molecule has 1 fully saturated rings. The summed E-state index contributed by atoms with van der Waals surface area (Å²) < 4.78 is 22.6. The Hall–Kier alpha value is -0.840. The standard InChI is InChI=1S/C11H19NO3S/c1-4-12(7-9(2)3)11(13)10-5-6-16(14,15)8-10/h10H,2,4-8H2,1,3H3/t10-/m0/s1. The number of hydrogen-bond donors (Lipinski definition) is 0. The normalized spacial score (nSPS) is 23.0. The molecule has 4 nitrogen and oxygen atoms in total. The van der Waals surface area contributed by atoms with Gasteiger partial charge in [-0.2, -0.15) is 0 Å². The van der Waals surface area contributed by atoms with Crippen LogP contribution in [0.2, 0.25) is 0 Å². The second-order valence-corrected chi connectivity index (χ2v) is 6.64. The molecule has 16 heavy (non-hydrogen) atoms. The van der Waals surface area contributed by atoms with Crippen molar-refractivity contribution >= 4 is 15.7 Å². The number of nitrogens with zero attached hydrogens (tertiary/aromatic N) is 1. The van der Waals surface area contributed by atoms with Gasteiger partial charge in [-0.3, -0.25) is 4.79 Å². The highest BCUT2D eigenvalue weighted by Gasteiger charge is 2.34. The SMILES string of the molecule is C=C(C)CN(CC)C(=O)[C@H]1CCS(=O)(=O)C1. The van der Waals surface area contributed by atoms with Crippen LogP contribution < -0.4 is 0 Å². The van der Waals surface area contributed by atoms with Crippen molar-refractivity contribution in [2.75, 3.05) is 24.6 Å². The quantitative estimate of drug-likeness (QED) is 0.690. The lowest BCUT2D eigenvalue weighted by molar-refractivity contribution is -0.134. The van der Waals surface area contributed by atoms with Gasteiger partial charge < -0.3 is 4.90 Å². The number of amides is 1. The highest BCUT2D eigenvalue weighted by Crippen LogP contribution is 2.20. The number of sulfone groups is 1. The number of hydrogen-bond acceptors (Lipinski definition) is 3. The molecule has 5 heteroatoms. The van der Waals surface area contributed by atoms with Gasteiger partial charge in [0.25, 0.3) is 0 Å². The van der Waals surface area contributed by atoms with Crippen molar-refractivity contribution in [3.63, 3.8) is 0 Å². The summed E-state index contributed by atoms with van der Waals surface area (Å²) in [7, 11) is -2.98. The van der Waals surface area contributed by atoms with E-state index in [1.54, 1.807) is 4.90 Å². The van der Waals surface area contributed by atoms with Crippen LogP contribution in [0.5, 0.6) is 0 Å². The molecule has 0 aromatic carbocycles. The number of carbonyl (C=O) groups excluding carboxylic acids is 1. The van der Waals surface area contributed by atoms with Gasteiger partial charge >= 0.3 is 0 Å². The third kappa shape index (κ3) is 3.33. The molecule has 0 unspecified atom stereocenters. The Kier molecular flexibility index (Phi) is 4.13. The molecule has 0 saturated carbocycles. The van der Waals surface area contributed by atoms with Crippen molar-refractivity contribution in [3.05, 3.63) is 12.2 Å². The third-order valence-corrected chi connectivity index (χ3v) is 4.50. The molecule has 1 rings (SSSR count). The number of likely N-dealkylation sites (N-methyl/N-ethyl adjacent to an activating group) is 1. The minimum atomic E-state index is -2.98. The van der Waals surface area contributed by atoms with Gasteiger partial charge in [-0.15, -0.1) is 0 Å². The van der Waals surface area contributed by atoms with E-state index >= 15 is 0 Å². The fourth-order valence-electron chi connectivity index (χ4n) is 1.92. The summed E-state index contributed by atoms with van der Waals surface area (Å²) in [6.45, 7) is 8.64. The molecule has 0 N–H and O–H groups in total. The second-order valence-electron chi connectivity index (χ2n) is 4.41. The van der Waals surface area contributed by atoms with Gasteiger partial charge in [0.15, 0.2) is 9.84 Å². The Balaban J connectivity index is 2.66. The maximum absolute atomic E-state index is 12.0. The predicted octanol–water partition coefficient (Wildman–Crippen LogP) is 0.846. The lowest BCUT2D eigenvalue weighted by atomic mass is 10.1. The Morgan fingerprint density at radius 3 is 2.50 bits per heavy atom. The van der Waals surface area contributed by atoms with Gasteiger partial charge in [0, 0.05) is 13.1 Å². The molecule has 0 spiro atoms. The Labute approximate surface area is 97.2 Å². The average Bonchev–Trinajstić information content (AvgIpc) is 2.54. The van der Waals surface area contributed by atoms with E-state index in [1.807, 2.05) is 13.8 Å². The summed E-state index contributed by atoms with van der Waals surface area (Å²) in [4.78, 5) is 13.7. The van der Waals surface area contributed by atoms with Gasteiger partial charge in [-0.05, 0) is 20.3 Å². The van der Waals surface area contributed by atoms with Crippen LogP contribution in [0.25, 0.3) is 0 Å². The van der Waals surface area contributed by atoms with E-state index in [9.17, 15) is 13.2 Å². The van der Waals surface area contributed by atoms with E-state index < -0.39 is 9.84 Å². The van der Waals surface area contributed by atoms with E-state index in [2.05, 4.69) is 6.58 Å². The monoisotopic (exact) mass is 245 g/mol. The molecule has 1 saturated heterocycles. The second kappa shape index (κ2) is 4.99. The fourth-order valence-corrected chi connectivity index (χ4v) is 3.65. The lowest BCUT2D eigenvalue weighted by Crippen LogP contribution is -2.37. The van der Waals surface area contributed by atoms with Crippen LogP contribution in [-0.4, -0.2) is 43.8 Å². The van der Waals surface area contributed by atoms with E-state index in [4.69, 9.17) is 0 Å². The Bertz CT molecular complexity index is 386. The van der Waals surface area contributed by atoms with Crippen molar-refractivity contribution in [1.29, 1.82) is 0 Å². The van der Waals surface area contributed by atoms with Gasteiger partial charge in [0.1, 0.15) is 0 Å². The molecule has 0 radical (unpaired) electrons. The molecule has 1 atom stereocenters. The largest absolute Gasteiger partial charge is 0.339 e. The zero-order valence-electron chi connectivity index (χ0n) is 9.90. The zero-order chi connectivity index (χ0) is 12.3. The number of carbonyl (C=O) groups is 1. The molecule has 1 aliphatic rings. The van der Waals surface area contributed by atoms with Crippen LogP contribution in [-0.2, 0) is 14.6 Å². The summed E-state index contributed by atoms with van der Waals surface area (Å²) in [6, 6.07) is 0. The first-order valence-electron chi connectivity index (χ1n) is 5.49. The van der Waals surface area contributed by atoms with Crippen molar-refractivity contribution in [3.8, 4) is 0 Å². The maximum Gasteiger partial charge on any atom is 0.227 e. The lowest BCUT2D eigenvalue weighted by Gasteiger charge is -2.23.